The third-order valence-corrected chi connectivity index (χ3v) is 7.14. The van der Waals surface area contributed by atoms with Gasteiger partial charge in [0.05, 0.1) is 99.1 Å². The summed E-state index contributed by atoms with van der Waals surface area (Å²) in [6, 6.07) is 8.45. The molecule has 1 unspecified atom stereocenters. The van der Waals surface area contributed by atoms with E-state index < -0.39 is 0 Å². The van der Waals surface area contributed by atoms with Crippen LogP contribution in [0.15, 0.2) is 24.3 Å². The summed E-state index contributed by atoms with van der Waals surface area (Å²) in [5, 5.41) is 0. The van der Waals surface area contributed by atoms with Crippen LogP contribution < -0.4 is 4.74 Å². The standard InChI is InChI=1S/C35H62O10/c1-2-3-4-5-6-7-10-33-12-14-34(15-13-33)43-31-29-41-27-25-39-23-21-37-19-17-36-18-20-38-22-24-40-26-28-42-30-32-45-35-11-8-9-16-44-35/h12-15,35H,2-11,16-32H2,1H3. The minimum atomic E-state index is -0.0609. The van der Waals surface area contributed by atoms with Gasteiger partial charge < -0.3 is 47.4 Å². The van der Waals surface area contributed by atoms with Crippen LogP contribution in [0.3, 0.4) is 0 Å². The molecule has 1 heterocycles. The number of hydrogen-bond acceptors (Lipinski definition) is 10. The van der Waals surface area contributed by atoms with E-state index in [1.807, 2.05) is 0 Å². The van der Waals surface area contributed by atoms with Crippen LogP contribution in [0.1, 0.15) is 70.3 Å². The Morgan fingerprint density at radius 1 is 0.533 bits per heavy atom. The Morgan fingerprint density at radius 3 is 1.49 bits per heavy atom. The van der Waals surface area contributed by atoms with E-state index >= 15 is 0 Å². The summed E-state index contributed by atoms with van der Waals surface area (Å²) in [6.45, 7) is 11.6. The van der Waals surface area contributed by atoms with Gasteiger partial charge in [0.25, 0.3) is 0 Å². The molecule has 45 heavy (non-hydrogen) atoms. The van der Waals surface area contributed by atoms with Crippen LogP contribution in [0.4, 0.5) is 0 Å². The predicted molar refractivity (Wildman–Crippen MR) is 174 cm³/mol. The predicted octanol–water partition coefficient (Wildman–Crippen LogP) is 5.63. The van der Waals surface area contributed by atoms with Gasteiger partial charge in [0.1, 0.15) is 12.4 Å². The monoisotopic (exact) mass is 642 g/mol. The Balaban J connectivity index is 1.20. The molecule has 1 saturated heterocycles. The average molecular weight is 643 g/mol. The molecule has 1 atom stereocenters. The fourth-order valence-corrected chi connectivity index (χ4v) is 4.58. The van der Waals surface area contributed by atoms with E-state index in [2.05, 4.69) is 31.2 Å². The van der Waals surface area contributed by atoms with Gasteiger partial charge in [-0.15, -0.1) is 0 Å². The molecule has 10 heteroatoms. The summed E-state index contributed by atoms with van der Waals surface area (Å²) >= 11 is 0. The molecule has 1 aromatic rings. The third-order valence-electron chi connectivity index (χ3n) is 7.14. The van der Waals surface area contributed by atoms with Gasteiger partial charge in [0, 0.05) is 6.61 Å². The van der Waals surface area contributed by atoms with Crippen LogP contribution in [-0.4, -0.2) is 119 Å². The van der Waals surface area contributed by atoms with Gasteiger partial charge in [-0.05, 0) is 49.8 Å². The van der Waals surface area contributed by atoms with E-state index in [1.165, 1.54) is 50.5 Å². The maximum Gasteiger partial charge on any atom is 0.157 e. The summed E-state index contributed by atoms with van der Waals surface area (Å²) < 4.78 is 55.5. The number of rotatable bonds is 33. The molecule has 0 amide bonds. The van der Waals surface area contributed by atoms with Crippen LogP contribution in [0.5, 0.6) is 5.75 Å². The van der Waals surface area contributed by atoms with Crippen molar-refractivity contribution in [3.8, 4) is 5.75 Å². The van der Waals surface area contributed by atoms with Crippen molar-refractivity contribution >= 4 is 0 Å². The van der Waals surface area contributed by atoms with E-state index in [1.54, 1.807) is 0 Å². The van der Waals surface area contributed by atoms with Crippen LogP contribution in [-0.2, 0) is 49.1 Å². The Labute approximate surface area is 272 Å². The molecule has 1 fully saturated rings. The van der Waals surface area contributed by atoms with Crippen LogP contribution in [0, 0.1) is 0 Å². The Morgan fingerprint density at radius 2 is 1.00 bits per heavy atom. The third kappa shape index (κ3) is 25.4. The lowest BCUT2D eigenvalue weighted by Gasteiger charge is -2.22. The Kier molecular flexibility index (Phi) is 27.7. The number of aryl methyl sites for hydroxylation is 1. The minimum Gasteiger partial charge on any atom is -0.491 e. The van der Waals surface area contributed by atoms with Crippen molar-refractivity contribution in [3.05, 3.63) is 29.8 Å². The van der Waals surface area contributed by atoms with Gasteiger partial charge in [0.2, 0.25) is 0 Å². The molecule has 0 aliphatic carbocycles. The summed E-state index contributed by atoms with van der Waals surface area (Å²) in [7, 11) is 0. The van der Waals surface area contributed by atoms with Crippen molar-refractivity contribution in [3.63, 3.8) is 0 Å². The van der Waals surface area contributed by atoms with E-state index in [-0.39, 0.29) is 6.29 Å². The van der Waals surface area contributed by atoms with E-state index in [4.69, 9.17) is 47.4 Å². The van der Waals surface area contributed by atoms with E-state index in [0.717, 1.165) is 31.6 Å². The molecule has 262 valence electrons. The second-order valence-electron chi connectivity index (χ2n) is 11.0. The van der Waals surface area contributed by atoms with Gasteiger partial charge in [0.15, 0.2) is 6.29 Å². The second kappa shape index (κ2) is 31.3. The highest BCUT2D eigenvalue weighted by Crippen LogP contribution is 2.15. The molecule has 0 N–H and O–H groups in total. The summed E-state index contributed by atoms with van der Waals surface area (Å²) in [6.07, 6.45) is 12.3. The lowest BCUT2D eigenvalue weighted by Crippen LogP contribution is -2.24. The number of hydrogen-bond donors (Lipinski definition) is 0. The fraction of sp³-hybridized carbons (Fsp3) is 0.829. The number of ether oxygens (including phenoxy) is 10. The van der Waals surface area contributed by atoms with E-state index in [0.29, 0.717) is 106 Å². The SMILES string of the molecule is CCCCCCCCc1ccc(OCCOCCOCCOCCOCCOCCOCCOCCOC2CCCCO2)cc1. The molecule has 1 aromatic carbocycles. The normalized spacial score (nSPS) is 15.1. The van der Waals surface area contributed by atoms with Gasteiger partial charge in [-0.25, -0.2) is 0 Å². The van der Waals surface area contributed by atoms with Gasteiger partial charge >= 0.3 is 0 Å². The van der Waals surface area contributed by atoms with Crippen LogP contribution >= 0.6 is 0 Å². The Bertz CT molecular complexity index is 730. The van der Waals surface area contributed by atoms with Crippen LogP contribution in [0.2, 0.25) is 0 Å². The first kappa shape index (κ1) is 39.8. The second-order valence-corrected chi connectivity index (χ2v) is 11.0. The molecule has 0 radical (unpaired) electrons. The van der Waals surface area contributed by atoms with Crippen LogP contribution in [0.25, 0.3) is 0 Å². The maximum atomic E-state index is 5.77. The average Bonchev–Trinajstić information content (AvgIpc) is 3.07. The van der Waals surface area contributed by atoms with Gasteiger partial charge in [-0.1, -0.05) is 51.2 Å². The topological polar surface area (TPSA) is 92.3 Å². The molecule has 0 spiro atoms. The van der Waals surface area contributed by atoms with Crippen molar-refractivity contribution in [1.29, 1.82) is 0 Å². The zero-order valence-electron chi connectivity index (χ0n) is 28.1. The fourth-order valence-electron chi connectivity index (χ4n) is 4.58. The minimum absolute atomic E-state index is 0.0609. The van der Waals surface area contributed by atoms with Crippen molar-refractivity contribution < 1.29 is 47.4 Å². The molecule has 0 bridgehead atoms. The first-order chi connectivity index (χ1) is 22.4. The van der Waals surface area contributed by atoms with Crippen molar-refractivity contribution in [2.75, 3.05) is 112 Å². The number of unbranched alkanes of at least 4 members (excludes halogenated alkanes) is 5. The molecular formula is C35H62O10. The quantitative estimate of drug-likeness (QED) is 0.0899. The lowest BCUT2D eigenvalue weighted by atomic mass is 10.0. The summed E-state index contributed by atoms with van der Waals surface area (Å²) in [5.74, 6) is 0.889. The highest BCUT2D eigenvalue weighted by atomic mass is 16.7. The first-order valence-corrected chi connectivity index (χ1v) is 17.4. The first-order valence-electron chi connectivity index (χ1n) is 17.4. The smallest absolute Gasteiger partial charge is 0.157 e. The molecule has 1 aliphatic rings. The van der Waals surface area contributed by atoms with E-state index in [9.17, 15) is 0 Å². The molecule has 0 aromatic heterocycles. The van der Waals surface area contributed by atoms with Crippen molar-refractivity contribution in [1.82, 2.24) is 0 Å². The summed E-state index contributed by atoms with van der Waals surface area (Å²) in [4.78, 5) is 0. The largest absolute Gasteiger partial charge is 0.491 e. The van der Waals surface area contributed by atoms with Crippen molar-refractivity contribution in [2.45, 2.75) is 77.4 Å². The molecule has 0 saturated carbocycles. The zero-order valence-corrected chi connectivity index (χ0v) is 28.1. The summed E-state index contributed by atoms with van der Waals surface area (Å²) in [5.41, 5.74) is 1.38. The highest BCUT2D eigenvalue weighted by molar-refractivity contribution is 5.27. The Hall–Kier alpha value is -1.34. The highest BCUT2D eigenvalue weighted by Gasteiger charge is 2.13. The molecule has 1 aliphatic heterocycles. The van der Waals surface area contributed by atoms with Gasteiger partial charge in [-0.3, -0.25) is 0 Å². The molecular weight excluding hydrogens is 580 g/mol. The maximum absolute atomic E-state index is 5.77. The molecule has 2 rings (SSSR count). The zero-order chi connectivity index (χ0) is 31.7. The molecule has 10 nitrogen and oxygen atoms in total. The number of benzene rings is 1. The van der Waals surface area contributed by atoms with Crippen molar-refractivity contribution in [2.24, 2.45) is 0 Å². The lowest BCUT2D eigenvalue weighted by molar-refractivity contribution is -0.169. The van der Waals surface area contributed by atoms with Gasteiger partial charge in [-0.2, -0.15) is 0 Å².